The smallest absolute Gasteiger partial charge is 0.154 e. The maximum Gasteiger partial charge on any atom is 0.154 e. The minimum atomic E-state index is 0.200. The van der Waals surface area contributed by atoms with Crippen molar-refractivity contribution in [3.8, 4) is 0 Å². The van der Waals surface area contributed by atoms with E-state index in [-0.39, 0.29) is 6.04 Å². The molecule has 0 spiro atoms. The minimum Gasteiger partial charge on any atom is -0.326 e. The summed E-state index contributed by atoms with van der Waals surface area (Å²) in [4.78, 5) is 8.61. The molecular weight excluding hydrogens is 212 g/mol. The Morgan fingerprint density at radius 2 is 2.40 bits per heavy atom. The standard InChI is InChI=1S/C10H11ClN4/c11-10-9-7(3-4-13-10)14-8-2-1-6(12)5-15(8)9/h3-4,6H,1-2,5,12H2/t6-/m1/s1. The molecule has 1 aliphatic rings. The molecule has 3 rings (SSSR count). The highest BCUT2D eigenvalue weighted by Crippen LogP contribution is 2.25. The largest absolute Gasteiger partial charge is 0.326 e. The fraction of sp³-hybridized carbons (Fsp3) is 0.400. The second-order valence-corrected chi connectivity index (χ2v) is 4.26. The molecule has 0 fully saturated rings. The second kappa shape index (κ2) is 3.18. The Balaban J connectivity index is 2.30. The number of hydrogen-bond donors (Lipinski definition) is 1. The Morgan fingerprint density at radius 1 is 1.53 bits per heavy atom. The molecule has 0 unspecified atom stereocenters. The number of imidazole rings is 1. The molecule has 0 aromatic carbocycles. The summed E-state index contributed by atoms with van der Waals surface area (Å²) in [5, 5.41) is 0.514. The molecule has 2 N–H and O–H groups in total. The molecule has 1 aliphatic heterocycles. The van der Waals surface area contributed by atoms with Crippen molar-refractivity contribution in [2.75, 3.05) is 0 Å². The Kier molecular flexibility index (Phi) is 1.94. The number of nitrogens with two attached hydrogens (primary N) is 1. The van der Waals surface area contributed by atoms with Gasteiger partial charge in [0.1, 0.15) is 11.3 Å². The molecule has 4 nitrogen and oxygen atoms in total. The molecule has 3 heterocycles. The van der Waals surface area contributed by atoms with Crippen LogP contribution in [0.15, 0.2) is 12.3 Å². The number of rotatable bonds is 0. The Hall–Kier alpha value is -1.13. The van der Waals surface area contributed by atoms with Crippen LogP contribution in [-0.2, 0) is 13.0 Å². The van der Waals surface area contributed by atoms with Crippen LogP contribution < -0.4 is 5.73 Å². The van der Waals surface area contributed by atoms with E-state index in [1.54, 1.807) is 6.20 Å². The molecule has 5 heteroatoms. The number of fused-ring (bicyclic) bond motifs is 3. The van der Waals surface area contributed by atoms with Crippen molar-refractivity contribution >= 4 is 22.6 Å². The number of nitrogens with zero attached hydrogens (tertiary/aromatic N) is 3. The molecule has 0 bridgehead atoms. The summed E-state index contributed by atoms with van der Waals surface area (Å²) < 4.78 is 2.10. The van der Waals surface area contributed by atoms with E-state index in [4.69, 9.17) is 17.3 Å². The Labute approximate surface area is 92.1 Å². The zero-order valence-corrected chi connectivity index (χ0v) is 8.91. The van der Waals surface area contributed by atoms with E-state index in [1.165, 1.54) is 0 Å². The molecule has 0 radical (unpaired) electrons. The highest BCUT2D eigenvalue weighted by Gasteiger charge is 2.20. The first-order valence-corrected chi connectivity index (χ1v) is 5.38. The fourth-order valence-electron chi connectivity index (χ4n) is 2.12. The molecule has 0 amide bonds. The lowest BCUT2D eigenvalue weighted by Crippen LogP contribution is -2.31. The fourth-order valence-corrected chi connectivity index (χ4v) is 2.37. The van der Waals surface area contributed by atoms with E-state index >= 15 is 0 Å². The maximum atomic E-state index is 6.07. The van der Waals surface area contributed by atoms with Crippen molar-refractivity contribution in [1.29, 1.82) is 0 Å². The predicted molar refractivity (Wildman–Crippen MR) is 58.8 cm³/mol. The zero-order valence-electron chi connectivity index (χ0n) is 8.15. The molecule has 2 aromatic heterocycles. The number of aromatic nitrogens is 3. The lowest BCUT2D eigenvalue weighted by Gasteiger charge is -2.20. The van der Waals surface area contributed by atoms with E-state index in [2.05, 4.69) is 14.5 Å². The normalized spacial score (nSPS) is 20.5. The van der Waals surface area contributed by atoms with Crippen molar-refractivity contribution < 1.29 is 0 Å². The zero-order chi connectivity index (χ0) is 10.4. The summed E-state index contributed by atoms with van der Waals surface area (Å²) in [6.45, 7) is 0.789. The third kappa shape index (κ3) is 1.33. The summed E-state index contributed by atoms with van der Waals surface area (Å²) in [6, 6.07) is 2.09. The van der Waals surface area contributed by atoms with E-state index < -0.39 is 0 Å². The maximum absolute atomic E-state index is 6.07. The van der Waals surface area contributed by atoms with Gasteiger partial charge in [-0.25, -0.2) is 9.97 Å². The van der Waals surface area contributed by atoms with Crippen LogP contribution in [0.1, 0.15) is 12.2 Å². The number of hydrogen-bond acceptors (Lipinski definition) is 3. The van der Waals surface area contributed by atoms with Crippen LogP contribution >= 0.6 is 11.6 Å². The van der Waals surface area contributed by atoms with Gasteiger partial charge in [-0.05, 0) is 12.5 Å². The van der Waals surface area contributed by atoms with Gasteiger partial charge in [0.2, 0.25) is 0 Å². The van der Waals surface area contributed by atoms with Gasteiger partial charge >= 0.3 is 0 Å². The van der Waals surface area contributed by atoms with Gasteiger partial charge < -0.3 is 10.3 Å². The van der Waals surface area contributed by atoms with Gasteiger partial charge in [-0.1, -0.05) is 11.6 Å². The molecule has 78 valence electrons. The van der Waals surface area contributed by atoms with Crippen molar-refractivity contribution in [2.45, 2.75) is 25.4 Å². The number of halogens is 1. The summed E-state index contributed by atoms with van der Waals surface area (Å²) in [5.74, 6) is 1.07. The molecule has 2 aromatic rings. The Morgan fingerprint density at radius 3 is 3.27 bits per heavy atom. The third-order valence-corrected chi connectivity index (χ3v) is 3.12. The van der Waals surface area contributed by atoms with E-state index in [0.717, 1.165) is 36.2 Å². The molecule has 0 saturated carbocycles. The molecule has 0 saturated heterocycles. The first-order valence-electron chi connectivity index (χ1n) is 5.01. The summed E-state index contributed by atoms with van der Waals surface area (Å²) in [7, 11) is 0. The molecule has 0 aliphatic carbocycles. The van der Waals surface area contributed by atoms with Gasteiger partial charge in [0, 0.05) is 25.2 Å². The quantitative estimate of drug-likeness (QED) is 0.685. The van der Waals surface area contributed by atoms with Crippen molar-refractivity contribution in [3.05, 3.63) is 23.2 Å². The van der Waals surface area contributed by atoms with Crippen LogP contribution in [0.4, 0.5) is 0 Å². The number of aryl methyl sites for hydroxylation is 1. The van der Waals surface area contributed by atoms with Crippen molar-refractivity contribution in [3.63, 3.8) is 0 Å². The lowest BCUT2D eigenvalue weighted by molar-refractivity contribution is 0.461. The van der Waals surface area contributed by atoms with Crippen molar-refractivity contribution in [2.24, 2.45) is 5.73 Å². The van der Waals surface area contributed by atoms with E-state index in [1.807, 2.05) is 6.07 Å². The first-order chi connectivity index (χ1) is 7.25. The van der Waals surface area contributed by atoms with Gasteiger partial charge in [-0.15, -0.1) is 0 Å². The number of pyridine rings is 1. The summed E-state index contributed by atoms with van der Waals surface area (Å²) in [6.07, 6.45) is 3.60. The van der Waals surface area contributed by atoms with E-state index in [0.29, 0.717) is 5.15 Å². The SMILES string of the molecule is N[C@@H]1CCc2nc3ccnc(Cl)c3n2C1. The van der Waals surface area contributed by atoms with Crippen LogP contribution in [-0.4, -0.2) is 20.6 Å². The third-order valence-electron chi connectivity index (χ3n) is 2.85. The van der Waals surface area contributed by atoms with Crippen LogP contribution in [0, 0.1) is 0 Å². The van der Waals surface area contributed by atoms with Crippen LogP contribution in [0.25, 0.3) is 11.0 Å². The second-order valence-electron chi connectivity index (χ2n) is 3.91. The van der Waals surface area contributed by atoms with Gasteiger partial charge in [0.15, 0.2) is 5.15 Å². The van der Waals surface area contributed by atoms with E-state index in [9.17, 15) is 0 Å². The molecular formula is C10H11ClN4. The minimum absolute atomic E-state index is 0.200. The van der Waals surface area contributed by atoms with Gasteiger partial charge in [-0.3, -0.25) is 0 Å². The average molecular weight is 223 g/mol. The topological polar surface area (TPSA) is 56.7 Å². The van der Waals surface area contributed by atoms with Crippen LogP contribution in [0.5, 0.6) is 0 Å². The van der Waals surface area contributed by atoms with Crippen LogP contribution in [0.2, 0.25) is 5.15 Å². The van der Waals surface area contributed by atoms with Gasteiger partial charge in [-0.2, -0.15) is 0 Å². The van der Waals surface area contributed by atoms with Crippen LogP contribution in [0.3, 0.4) is 0 Å². The van der Waals surface area contributed by atoms with Crippen molar-refractivity contribution in [1.82, 2.24) is 14.5 Å². The molecule has 1 atom stereocenters. The van der Waals surface area contributed by atoms with Gasteiger partial charge in [0.05, 0.1) is 5.52 Å². The predicted octanol–water partition coefficient (Wildman–Crippen LogP) is 1.36. The summed E-state index contributed by atoms with van der Waals surface area (Å²) >= 11 is 6.07. The highest BCUT2D eigenvalue weighted by atomic mass is 35.5. The monoisotopic (exact) mass is 222 g/mol. The highest BCUT2D eigenvalue weighted by molar-refractivity contribution is 6.33. The lowest BCUT2D eigenvalue weighted by atomic mass is 10.1. The van der Waals surface area contributed by atoms with Gasteiger partial charge in [0.25, 0.3) is 0 Å². The molecule has 15 heavy (non-hydrogen) atoms. The summed E-state index contributed by atoms with van der Waals surface area (Å²) in [5.41, 5.74) is 7.77. The Bertz CT molecular complexity index is 519. The first kappa shape index (κ1) is 9.12. The average Bonchev–Trinajstić information content (AvgIpc) is 2.57.